The fourth-order valence-corrected chi connectivity index (χ4v) is 4.08. The van der Waals surface area contributed by atoms with Crippen LogP contribution in [0.1, 0.15) is 24.1 Å². The molecule has 1 N–H and O–H groups in total. The number of fused-ring (bicyclic) bond motifs is 3. The van der Waals surface area contributed by atoms with E-state index in [0.29, 0.717) is 43.3 Å². The second-order valence-electron chi connectivity index (χ2n) is 7.42. The summed E-state index contributed by atoms with van der Waals surface area (Å²) >= 11 is 6.43. The molecule has 2 heterocycles. The first kappa shape index (κ1) is 21.4. The lowest BCUT2D eigenvalue weighted by Crippen LogP contribution is -2.25. The van der Waals surface area contributed by atoms with Crippen molar-refractivity contribution >= 4 is 17.5 Å². The van der Waals surface area contributed by atoms with Crippen molar-refractivity contribution in [3.05, 3.63) is 70.6 Å². The van der Waals surface area contributed by atoms with Gasteiger partial charge in [-0.25, -0.2) is 4.39 Å². The minimum Gasteiger partial charge on any atom is -0.487 e. The van der Waals surface area contributed by atoms with Gasteiger partial charge < -0.3 is 19.4 Å². The molecule has 7 heteroatoms. The van der Waals surface area contributed by atoms with Crippen LogP contribution in [0.3, 0.4) is 0 Å². The van der Waals surface area contributed by atoms with Crippen LogP contribution in [0.25, 0.3) is 16.9 Å². The van der Waals surface area contributed by atoms with Gasteiger partial charge in [0.05, 0.1) is 16.4 Å². The predicted octanol–water partition coefficient (Wildman–Crippen LogP) is 4.91. The average Bonchev–Trinajstić information content (AvgIpc) is 3.14. The first-order valence-corrected chi connectivity index (χ1v) is 10.6. The number of carbonyl (C=O) groups is 1. The topological polar surface area (TPSA) is 52.5 Å². The van der Waals surface area contributed by atoms with Gasteiger partial charge in [0.1, 0.15) is 18.2 Å². The molecule has 0 spiro atoms. The zero-order valence-electron chi connectivity index (χ0n) is 17.3. The molecule has 0 saturated heterocycles. The van der Waals surface area contributed by atoms with E-state index in [4.69, 9.17) is 21.1 Å². The number of carbonyl (C=O) groups excluding carboxylic acids is 1. The Morgan fingerprint density at radius 1 is 1.26 bits per heavy atom. The Bertz CT molecular complexity index is 1100. The molecule has 1 amide bonds. The molecule has 1 aromatic heterocycles. The Morgan fingerprint density at radius 2 is 2.10 bits per heavy atom. The van der Waals surface area contributed by atoms with E-state index >= 15 is 0 Å². The smallest absolute Gasteiger partial charge is 0.220 e. The molecule has 31 heavy (non-hydrogen) atoms. The second kappa shape index (κ2) is 9.54. The fraction of sp³-hybridized carbons (Fsp3) is 0.292. The van der Waals surface area contributed by atoms with Gasteiger partial charge in [-0.1, -0.05) is 35.9 Å². The third kappa shape index (κ3) is 4.60. The van der Waals surface area contributed by atoms with Gasteiger partial charge in [-0.05, 0) is 36.6 Å². The van der Waals surface area contributed by atoms with Crippen LogP contribution in [0.4, 0.5) is 4.39 Å². The molecule has 0 radical (unpaired) electrons. The standard InChI is InChI=1S/C24H24ClFN2O3/c1-30-12-4-11-27-23(29)10-8-18-14-22-24(19-6-3-2-5-16(19)15-31-22)28(18)21-9-7-17(26)13-20(21)25/h2-3,5-7,9,13-14H,4,8,10-12,15H2,1H3,(H,27,29). The number of amides is 1. The highest BCUT2D eigenvalue weighted by atomic mass is 35.5. The summed E-state index contributed by atoms with van der Waals surface area (Å²) in [6.07, 6.45) is 1.57. The zero-order valence-corrected chi connectivity index (χ0v) is 18.0. The number of nitrogens with zero attached hydrogens (tertiary/aromatic N) is 1. The van der Waals surface area contributed by atoms with Crippen LogP contribution in [0.2, 0.25) is 5.02 Å². The van der Waals surface area contributed by atoms with Gasteiger partial charge in [-0.2, -0.15) is 0 Å². The largest absolute Gasteiger partial charge is 0.487 e. The maximum atomic E-state index is 13.7. The molecular formula is C24H24ClFN2O3. The minimum absolute atomic E-state index is 0.0339. The number of hydrogen-bond donors (Lipinski definition) is 1. The van der Waals surface area contributed by atoms with Crippen LogP contribution in [0.5, 0.6) is 5.75 Å². The van der Waals surface area contributed by atoms with Crippen LogP contribution in [-0.4, -0.2) is 30.7 Å². The van der Waals surface area contributed by atoms with Crippen LogP contribution in [0, 0.1) is 5.82 Å². The van der Waals surface area contributed by atoms with Crippen molar-refractivity contribution < 1.29 is 18.7 Å². The zero-order chi connectivity index (χ0) is 21.8. The Morgan fingerprint density at radius 3 is 2.90 bits per heavy atom. The third-order valence-electron chi connectivity index (χ3n) is 5.30. The van der Waals surface area contributed by atoms with Crippen LogP contribution in [-0.2, 0) is 22.6 Å². The summed E-state index contributed by atoms with van der Waals surface area (Å²) in [5.41, 5.74) is 4.50. The molecule has 0 atom stereocenters. The van der Waals surface area contributed by atoms with E-state index < -0.39 is 5.82 Å². The molecule has 3 aromatic rings. The molecule has 0 bridgehead atoms. The summed E-state index contributed by atoms with van der Waals surface area (Å²) in [5.74, 6) is 0.298. The van der Waals surface area contributed by atoms with E-state index in [-0.39, 0.29) is 5.91 Å². The monoisotopic (exact) mass is 442 g/mol. The quantitative estimate of drug-likeness (QED) is 0.504. The molecule has 162 valence electrons. The van der Waals surface area contributed by atoms with Crippen molar-refractivity contribution in [3.8, 4) is 22.7 Å². The normalized spacial score (nSPS) is 12.1. The Balaban J connectivity index is 1.68. The number of rotatable bonds is 8. The van der Waals surface area contributed by atoms with Crippen molar-refractivity contribution in [2.75, 3.05) is 20.3 Å². The number of nitrogens with one attached hydrogen (secondary N) is 1. The molecule has 5 nitrogen and oxygen atoms in total. The summed E-state index contributed by atoms with van der Waals surface area (Å²) < 4.78 is 26.7. The number of methoxy groups -OCH3 is 1. The van der Waals surface area contributed by atoms with Crippen molar-refractivity contribution in [2.24, 2.45) is 0 Å². The lowest BCUT2D eigenvalue weighted by molar-refractivity contribution is -0.121. The molecule has 4 rings (SSSR count). The number of hydrogen-bond acceptors (Lipinski definition) is 3. The van der Waals surface area contributed by atoms with Gasteiger partial charge in [-0.3, -0.25) is 4.79 Å². The highest BCUT2D eigenvalue weighted by molar-refractivity contribution is 6.32. The summed E-state index contributed by atoms with van der Waals surface area (Å²) in [5, 5.41) is 3.21. The number of aryl methyl sites for hydroxylation is 1. The van der Waals surface area contributed by atoms with Gasteiger partial charge in [0.15, 0.2) is 0 Å². The third-order valence-corrected chi connectivity index (χ3v) is 5.61. The fourth-order valence-electron chi connectivity index (χ4n) is 3.83. The maximum absolute atomic E-state index is 13.7. The Kier molecular flexibility index (Phi) is 6.59. The second-order valence-corrected chi connectivity index (χ2v) is 7.83. The highest BCUT2D eigenvalue weighted by Crippen LogP contribution is 2.43. The lowest BCUT2D eigenvalue weighted by Gasteiger charge is -2.21. The molecule has 1 aliphatic heterocycles. The van der Waals surface area contributed by atoms with Crippen molar-refractivity contribution in [3.63, 3.8) is 0 Å². The van der Waals surface area contributed by atoms with E-state index in [9.17, 15) is 9.18 Å². The lowest BCUT2D eigenvalue weighted by atomic mass is 10.0. The van der Waals surface area contributed by atoms with Crippen molar-refractivity contribution in [1.82, 2.24) is 9.88 Å². The summed E-state index contributed by atoms with van der Waals surface area (Å²) in [4.78, 5) is 12.3. The number of halogens is 2. The summed E-state index contributed by atoms with van der Waals surface area (Å²) in [7, 11) is 1.64. The SMILES string of the molecule is COCCCNC(=O)CCc1cc2c(n1-c1ccc(F)cc1Cl)-c1ccccc1CO2. The number of ether oxygens (including phenoxy) is 2. The first-order chi connectivity index (χ1) is 15.1. The predicted molar refractivity (Wildman–Crippen MR) is 118 cm³/mol. The van der Waals surface area contributed by atoms with Crippen LogP contribution < -0.4 is 10.1 Å². The first-order valence-electron chi connectivity index (χ1n) is 10.2. The van der Waals surface area contributed by atoms with Gasteiger partial charge in [0.25, 0.3) is 0 Å². The van der Waals surface area contributed by atoms with E-state index in [1.54, 1.807) is 13.2 Å². The van der Waals surface area contributed by atoms with Gasteiger partial charge in [0, 0.05) is 44.0 Å². The summed E-state index contributed by atoms with van der Waals surface area (Å²) in [6, 6.07) is 14.3. The van der Waals surface area contributed by atoms with Crippen LogP contribution >= 0.6 is 11.6 Å². The van der Waals surface area contributed by atoms with Gasteiger partial charge in [0.2, 0.25) is 5.91 Å². The summed E-state index contributed by atoms with van der Waals surface area (Å²) in [6.45, 7) is 1.66. The molecule has 0 saturated carbocycles. The highest BCUT2D eigenvalue weighted by Gasteiger charge is 2.26. The molecular weight excluding hydrogens is 419 g/mol. The molecule has 0 unspecified atom stereocenters. The van der Waals surface area contributed by atoms with Crippen molar-refractivity contribution in [2.45, 2.75) is 25.9 Å². The van der Waals surface area contributed by atoms with Gasteiger partial charge >= 0.3 is 0 Å². The molecule has 2 aromatic carbocycles. The van der Waals surface area contributed by atoms with E-state index in [0.717, 1.165) is 34.7 Å². The van der Waals surface area contributed by atoms with E-state index in [1.807, 2.05) is 34.9 Å². The average molecular weight is 443 g/mol. The Labute approximate surface area is 185 Å². The Hall–Kier alpha value is -2.83. The van der Waals surface area contributed by atoms with Crippen LogP contribution in [0.15, 0.2) is 48.5 Å². The van der Waals surface area contributed by atoms with Crippen molar-refractivity contribution in [1.29, 1.82) is 0 Å². The van der Waals surface area contributed by atoms with E-state index in [1.165, 1.54) is 12.1 Å². The number of aromatic nitrogens is 1. The van der Waals surface area contributed by atoms with E-state index in [2.05, 4.69) is 5.32 Å². The van der Waals surface area contributed by atoms with Gasteiger partial charge in [-0.15, -0.1) is 0 Å². The number of benzene rings is 2. The molecule has 0 fully saturated rings. The molecule has 0 aliphatic carbocycles. The molecule has 1 aliphatic rings. The minimum atomic E-state index is -0.400. The maximum Gasteiger partial charge on any atom is 0.220 e.